The second kappa shape index (κ2) is 7.23. The van der Waals surface area contributed by atoms with E-state index in [-0.39, 0.29) is 31.2 Å². The number of imide groups is 1. The molecule has 5 rings (SSSR count). The lowest BCUT2D eigenvalue weighted by Crippen LogP contribution is -2.40. The van der Waals surface area contributed by atoms with Crippen molar-refractivity contribution in [2.75, 3.05) is 6.54 Å². The molecule has 2 aromatic carbocycles. The van der Waals surface area contributed by atoms with E-state index in [1.165, 1.54) is 17.0 Å². The van der Waals surface area contributed by atoms with Gasteiger partial charge in [-0.3, -0.25) is 14.5 Å². The van der Waals surface area contributed by atoms with Gasteiger partial charge < -0.3 is 14.6 Å². The van der Waals surface area contributed by atoms with Gasteiger partial charge in [0.25, 0.3) is 5.91 Å². The van der Waals surface area contributed by atoms with E-state index in [0.29, 0.717) is 13.0 Å². The third-order valence-electron chi connectivity index (χ3n) is 6.12. The zero-order valence-corrected chi connectivity index (χ0v) is 16.6. The van der Waals surface area contributed by atoms with Gasteiger partial charge in [-0.05, 0) is 29.3 Å². The molecule has 0 spiro atoms. The number of amides is 3. The van der Waals surface area contributed by atoms with Crippen molar-refractivity contribution in [2.45, 2.75) is 32.0 Å². The van der Waals surface area contributed by atoms with Crippen LogP contribution >= 0.6 is 0 Å². The maximum Gasteiger partial charge on any atom is 0.327 e. The quantitative estimate of drug-likeness (QED) is 0.642. The van der Waals surface area contributed by atoms with Crippen molar-refractivity contribution in [1.82, 2.24) is 14.4 Å². The highest BCUT2D eigenvalue weighted by molar-refractivity contribution is 6.05. The molecule has 3 aromatic rings. The number of para-hydroxylation sites is 1. The van der Waals surface area contributed by atoms with Gasteiger partial charge in [-0.1, -0.05) is 30.3 Å². The van der Waals surface area contributed by atoms with Crippen LogP contribution < -0.4 is 0 Å². The summed E-state index contributed by atoms with van der Waals surface area (Å²) in [6, 6.07) is 13.2. The molecule has 0 saturated carbocycles. The molecule has 8 heteroatoms. The number of aromatic nitrogens is 1. The highest BCUT2D eigenvalue weighted by Gasteiger charge is 2.48. The van der Waals surface area contributed by atoms with Crippen LogP contribution in [0.15, 0.2) is 48.5 Å². The van der Waals surface area contributed by atoms with Gasteiger partial charge in [0.05, 0.1) is 13.0 Å². The first-order chi connectivity index (χ1) is 14.9. The number of carbonyl (C=O) groups is 3. The number of nitrogens with zero attached hydrogens (tertiary/aromatic N) is 3. The number of carboxylic acid groups (broad SMARTS) is 1. The van der Waals surface area contributed by atoms with Gasteiger partial charge in [0.2, 0.25) is 0 Å². The highest BCUT2D eigenvalue weighted by Crippen LogP contribution is 2.36. The lowest BCUT2D eigenvalue weighted by Gasteiger charge is -2.28. The van der Waals surface area contributed by atoms with E-state index in [2.05, 4.69) is 4.57 Å². The van der Waals surface area contributed by atoms with E-state index in [1.807, 2.05) is 24.3 Å². The number of rotatable bonds is 5. The van der Waals surface area contributed by atoms with Gasteiger partial charge in [-0.2, -0.15) is 0 Å². The average Bonchev–Trinajstić information content (AvgIpc) is 3.19. The molecule has 158 valence electrons. The first kappa shape index (κ1) is 19.3. The Balaban J connectivity index is 1.53. The van der Waals surface area contributed by atoms with Gasteiger partial charge in [-0.15, -0.1) is 0 Å². The van der Waals surface area contributed by atoms with E-state index in [4.69, 9.17) is 5.11 Å². The molecule has 1 N–H and O–H groups in total. The molecule has 0 unspecified atom stereocenters. The van der Waals surface area contributed by atoms with Crippen molar-refractivity contribution in [3.63, 3.8) is 0 Å². The summed E-state index contributed by atoms with van der Waals surface area (Å²) in [4.78, 5) is 39.3. The third-order valence-corrected chi connectivity index (χ3v) is 6.12. The van der Waals surface area contributed by atoms with Gasteiger partial charge in [-0.25, -0.2) is 9.18 Å². The Morgan fingerprint density at radius 2 is 1.84 bits per heavy atom. The lowest BCUT2D eigenvalue weighted by atomic mass is 9.97. The van der Waals surface area contributed by atoms with Gasteiger partial charge in [0, 0.05) is 36.1 Å². The van der Waals surface area contributed by atoms with Crippen LogP contribution in [0.2, 0.25) is 0 Å². The summed E-state index contributed by atoms with van der Waals surface area (Å²) in [5, 5.41) is 9.97. The zero-order chi connectivity index (χ0) is 21.7. The zero-order valence-electron chi connectivity index (χ0n) is 16.6. The number of aliphatic carboxylic acids is 1. The fourth-order valence-corrected chi connectivity index (χ4v) is 4.63. The fraction of sp³-hybridized carbons (Fsp3) is 0.261. The van der Waals surface area contributed by atoms with Crippen LogP contribution in [-0.2, 0) is 29.1 Å². The fourth-order valence-electron chi connectivity index (χ4n) is 4.63. The Kier molecular flexibility index (Phi) is 4.50. The minimum atomic E-state index is -1.05. The van der Waals surface area contributed by atoms with E-state index < -0.39 is 18.0 Å². The van der Waals surface area contributed by atoms with Crippen LogP contribution in [0, 0.1) is 5.82 Å². The molecule has 3 heterocycles. The molecule has 7 nitrogen and oxygen atoms in total. The van der Waals surface area contributed by atoms with Crippen molar-refractivity contribution < 1.29 is 23.9 Å². The minimum Gasteiger partial charge on any atom is -0.481 e. The summed E-state index contributed by atoms with van der Waals surface area (Å²) in [7, 11) is 0. The van der Waals surface area contributed by atoms with Crippen molar-refractivity contribution in [1.29, 1.82) is 0 Å². The van der Waals surface area contributed by atoms with Crippen LogP contribution in [-0.4, -0.2) is 50.0 Å². The van der Waals surface area contributed by atoms with Crippen molar-refractivity contribution >= 4 is 28.8 Å². The molecule has 1 atom stereocenters. The van der Waals surface area contributed by atoms with Crippen LogP contribution in [0.1, 0.15) is 23.2 Å². The Bertz CT molecular complexity index is 1220. The molecule has 2 aliphatic heterocycles. The van der Waals surface area contributed by atoms with Gasteiger partial charge in [0.1, 0.15) is 11.9 Å². The predicted molar refractivity (Wildman–Crippen MR) is 110 cm³/mol. The highest BCUT2D eigenvalue weighted by atomic mass is 19.1. The van der Waals surface area contributed by atoms with Gasteiger partial charge >= 0.3 is 12.0 Å². The first-order valence-electron chi connectivity index (χ1n) is 10.1. The summed E-state index contributed by atoms with van der Waals surface area (Å²) in [5.41, 5.74) is 3.91. The monoisotopic (exact) mass is 421 g/mol. The number of hydrogen-bond acceptors (Lipinski definition) is 3. The normalized spacial score (nSPS) is 17.9. The molecule has 1 fully saturated rings. The maximum absolute atomic E-state index is 13.3. The summed E-state index contributed by atoms with van der Waals surface area (Å²) >= 11 is 0. The summed E-state index contributed by atoms with van der Waals surface area (Å²) in [6.07, 6.45) is 0.116. The average molecular weight is 421 g/mol. The van der Waals surface area contributed by atoms with Crippen LogP contribution in [0.5, 0.6) is 0 Å². The number of benzene rings is 2. The standard InChI is InChI=1S/C23H20FN3O4/c24-15-7-5-14(6-8-15)12-26-18-4-2-1-3-16(18)17-11-19-22(30)25(10-9-21(28)29)23(31)27(19)13-20(17)26/h1-8,19H,9-13H2,(H,28,29)/t19-/m1/s1. The number of carbonyl (C=O) groups excluding carboxylic acids is 2. The molecule has 0 radical (unpaired) electrons. The van der Waals surface area contributed by atoms with Crippen LogP contribution in [0.3, 0.4) is 0 Å². The molecule has 1 saturated heterocycles. The molecular formula is C23H20FN3O4. The molecule has 3 amide bonds. The molecule has 31 heavy (non-hydrogen) atoms. The Hall–Kier alpha value is -3.68. The van der Waals surface area contributed by atoms with Crippen LogP contribution in [0.4, 0.5) is 9.18 Å². The SMILES string of the molecule is O=C(O)CCN1C(=O)[C@H]2Cc3c(n(Cc4ccc(F)cc4)c4ccccc34)CN2C1=O. The minimum absolute atomic E-state index is 0.124. The van der Waals surface area contributed by atoms with E-state index in [9.17, 15) is 18.8 Å². The van der Waals surface area contributed by atoms with E-state index in [1.54, 1.807) is 12.1 Å². The largest absolute Gasteiger partial charge is 0.481 e. The number of urea groups is 1. The van der Waals surface area contributed by atoms with Crippen LogP contribution in [0.25, 0.3) is 10.9 Å². The molecular weight excluding hydrogens is 401 g/mol. The molecule has 0 aliphatic carbocycles. The predicted octanol–water partition coefficient (Wildman–Crippen LogP) is 2.99. The van der Waals surface area contributed by atoms with Gasteiger partial charge in [0.15, 0.2) is 0 Å². The van der Waals surface area contributed by atoms with E-state index in [0.717, 1.165) is 32.6 Å². The Morgan fingerprint density at radius 3 is 2.58 bits per heavy atom. The number of hydrogen-bond donors (Lipinski definition) is 1. The first-order valence-corrected chi connectivity index (χ1v) is 10.1. The second-order valence-electron chi connectivity index (χ2n) is 7.92. The van der Waals surface area contributed by atoms with Crippen molar-refractivity contribution in [2.24, 2.45) is 0 Å². The maximum atomic E-state index is 13.3. The number of fused-ring (bicyclic) bond motifs is 4. The third kappa shape index (κ3) is 3.15. The Labute approximate surface area is 177 Å². The topological polar surface area (TPSA) is 82.8 Å². The second-order valence-corrected chi connectivity index (χ2v) is 7.92. The number of halogens is 1. The smallest absolute Gasteiger partial charge is 0.327 e. The summed E-state index contributed by atoms with van der Waals surface area (Å²) in [6.45, 7) is 0.657. The molecule has 1 aromatic heterocycles. The van der Waals surface area contributed by atoms with Crippen molar-refractivity contribution in [3.05, 3.63) is 71.2 Å². The number of carboxylic acids is 1. The molecule has 0 bridgehead atoms. The Morgan fingerprint density at radius 1 is 1.10 bits per heavy atom. The summed E-state index contributed by atoms with van der Waals surface area (Å²) < 4.78 is 15.5. The lowest BCUT2D eigenvalue weighted by molar-refractivity contribution is -0.137. The summed E-state index contributed by atoms with van der Waals surface area (Å²) in [5.74, 6) is -1.69. The van der Waals surface area contributed by atoms with Crippen molar-refractivity contribution in [3.8, 4) is 0 Å². The molecule has 2 aliphatic rings. The van der Waals surface area contributed by atoms with E-state index >= 15 is 0 Å².